The molecular formula is C29H22N2. The zero-order valence-corrected chi connectivity index (χ0v) is 17.4. The fraction of sp³-hybridized carbons (Fsp3) is 0.0345. The third-order valence-electron chi connectivity index (χ3n) is 5.44. The first-order valence-corrected chi connectivity index (χ1v) is 10.4. The highest BCUT2D eigenvalue weighted by Crippen LogP contribution is 2.25. The zero-order valence-electron chi connectivity index (χ0n) is 17.4. The predicted molar refractivity (Wildman–Crippen MR) is 134 cm³/mol. The van der Waals surface area contributed by atoms with Crippen LogP contribution in [0.2, 0.25) is 0 Å². The Hall–Kier alpha value is -4.04. The summed E-state index contributed by atoms with van der Waals surface area (Å²) in [7, 11) is 0. The molecule has 0 saturated carbocycles. The van der Waals surface area contributed by atoms with Gasteiger partial charge >= 0.3 is 0 Å². The Morgan fingerprint density at radius 2 is 1.06 bits per heavy atom. The molecule has 0 radical (unpaired) electrons. The summed E-state index contributed by atoms with van der Waals surface area (Å²) in [6, 6.07) is 35.6. The van der Waals surface area contributed by atoms with Crippen LogP contribution in [0.15, 0.2) is 113 Å². The van der Waals surface area contributed by atoms with E-state index in [2.05, 4.69) is 103 Å². The van der Waals surface area contributed by atoms with Crippen molar-refractivity contribution in [3.8, 4) is 0 Å². The molecule has 0 fully saturated rings. The Bertz CT molecular complexity index is 1440. The molecule has 5 rings (SSSR count). The first-order chi connectivity index (χ1) is 15.2. The molecule has 2 nitrogen and oxygen atoms in total. The van der Waals surface area contributed by atoms with Gasteiger partial charge in [0.2, 0.25) is 0 Å². The Morgan fingerprint density at radius 3 is 1.65 bits per heavy atom. The minimum Gasteiger partial charge on any atom is -0.256 e. The molecule has 5 aromatic rings. The number of fused-ring (bicyclic) bond motifs is 2. The van der Waals surface area contributed by atoms with Gasteiger partial charge in [-0.05, 0) is 75.5 Å². The van der Waals surface area contributed by atoms with Crippen LogP contribution < -0.4 is 0 Å². The van der Waals surface area contributed by atoms with Crippen molar-refractivity contribution in [3.05, 3.63) is 120 Å². The van der Waals surface area contributed by atoms with Gasteiger partial charge in [0.05, 0.1) is 11.4 Å². The zero-order chi connectivity index (χ0) is 21.0. The van der Waals surface area contributed by atoms with Crippen LogP contribution >= 0.6 is 0 Å². The Morgan fingerprint density at radius 1 is 0.516 bits per heavy atom. The van der Waals surface area contributed by atoms with Crippen molar-refractivity contribution < 1.29 is 0 Å². The van der Waals surface area contributed by atoms with Gasteiger partial charge in [-0.3, -0.25) is 9.98 Å². The van der Waals surface area contributed by atoms with E-state index in [0.717, 1.165) is 28.1 Å². The first kappa shape index (κ1) is 19.0. The highest BCUT2D eigenvalue weighted by Gasteiger charge is 1.99. The highest BCUT2D eigenvalue weighted by molar-refractivity contribution is 5.92. The Labute approximate surface area is 182 Å². The third-order valence-corrected chi connectivity index (χ3v) is 5.44. The average Bonchev–Trinajstić information content (AvgIpc) is 2.82. The molecule has 0 aliphatic carbocycles. The lowest BCUT2D eigenvalue weighted by Gasteiger charge is -2.03. The molecule has 0 unspecified atom stereocenters. The Kier molecular flexibility index (Phi) is 5.12. The van der Waals surface area contributed by atoms with Gasteiger partial charge in [0.25, 0.3) is 0 Å². The summed E-state index contributed by atoms with van der Waals surface area (Å²) in [6.07, 6.45) is 3.84. The summed E-state index contributed by atoms with van der Waals surface area (Å²) in [6.45, 7) is 2.07. The number of aliphatic imine (C=N–C) groups is 2. The second kappa shape index (κ2) is 8.37. The van der Waals surface area contributed by atoms with E-state index in [-0.39, 0.29) is 0 Å². The highest BCUT2D eigenvalue weighted by atomic mass is 14.7. The van der Waals surface area contributed by atoms with E-state index < -0.39 is 0 Å². The summed E-state index contributed by atoms with van der Waals surface area (Å²) in [5, 5.41) is 4.93. The first-order valence-electron chi connectivity index (χ1n) is 10.4. The summed E-state index contributed by atoms with van der Waals surface area (Å²) in [5.74, 6) is 0. The van der Waals surface area contributed by atoms with Crippen LogP contribution in [0.3, 0.4) is 0 Å². The lowest BCUT2D eigenvalue weighted by molar-refractivity contribution is 1.38. The summed E-state index contributed by atoms with van der Waals surface area (Å²) in [4.78, 5) is 9.36. The topological polar surface area (TPSA) is 24.7 Å². The summed E-state index contributed by atoms with van der Waals surface area (Å²) in [5.41, 5.74) is 5.17. The van der Waals surface area contributed by atoms with Crippen LogP contribution in [-0.4, -0.2) is 12.4 Å². The molecule has 2 heteroatoms. The third kappa shape index (κ3) is 4.29. The van der Waals surface area contributed by atoms with Crippen LogP contribution in [0, 0.1) is 6.92 Å². The molecule has 0 aromatic heterocycles. The van der Waals surface area contributed by atoms with Gasteiger partial charge in [0, 0.05) is 12.4 Å². The molecule has 0 amide bonds. The van der Waals surface area contributed by atoms with E-state index >= 15 is 0 Å². The molecule has 0 N–H and O–H groups in total. The van der Waals surface area contributed by atoms with Crippen LogP contribution in [0.4, 0.5) is 11.4 Å². The SMILES string of the molecule is Cc1cc(N=Cc2ccc3ccccc3c2)ccc1N=Cc1ccc2ccccc2c1. The second-order valence-corrected chi connectivity index (χ2v) is 7.70. The van der Waals surface area contributed by atoms with Crippen molar-refractivity contribution in [1.29, 1.82) is 0 Å². The number of hydrogen-bond donors (Lipinski definition) is 0. The molecule has 0 aliphatic rings. The number of rotatable bonds is 4. The van der Waals surface area contributed by atoms with Crippen molar-refractivity contribution in [3.63, 3.8) is 0 Å². The number of benzene rings is 5. The van der Waals surface area contributed by atoms with E-state index in [1.807, 2.05) is 24.6 Å². The van der Waals surface area contributed by atoms with Gasteiger partial charge in [-0.25, -0.2) is 0 Å². The summed E-state index contributed by atoms with van der Waals surface area (Å²) >= 11 is 0. The molecule has 0 saturated heterocycles. The van der Waals surface area contributed by atoms with E-state index in [9.17, 15) is 0 Å². The summed E-state index contributed by atoms with van der Waals surface area (Å²) < 4.78 is 0. The van der Waals surface area contributed by atoms with E-state index in [0.29, 0.717) is 0 Å². The van der Waals surface area contributed by atoms with E-state index in [1.54, 1.807) is 0 Å². The maximum Gasteiger partial charge on any atom is 0.0660 e. The molecular weight excluding hydrogens is 376 g/mol. The second-order valence-electron chi connectivity index (χ2n) is 7.70. The standard InChI is InChI=1S/C29H22N2/c1-21-16-28(30-19-22-10-12-24-6-2-4-8-26(24)17-22)14-15-29(21)31-20-23-11-13-25-7-3-5-9-27(25)18-23/h2-20H,1H3. The quantitative estimate of drug-likeness (QED) is 0.276. The molecule has 0 aliphatic heterocycles. The van der Waals surface area contributed by atoms with Crippen molar-refractivity contribution >= 4 is 45.3 Å². The maximum absolute atomic E-state index is 4.70. The van der Waals surface area contributed by atoms with Gasteiger partial charge in [-0.1, -0.05) is 72.8 Å². The van der Waals surface area contributed by atoms with Gasteiger partial charge in [-0.15, -0.1) is 0 Å². The van der Waals surface area contributed by atoms with Gasteiger partial charge < -0.3 is 0 Å². The minimum absolute atomic E-state index is 0.926. The van der Waals surface area contributed by atoms with Gasteiger partial charge in [0.1, 0.15) is 0 Å². The fourth-order valence-electron chi connectivity index (χ4n) is 3.73. The van der Waals surface area contributed by atoms with Crippen molar-refractivity contribution in [2.24, 2.45) is 9.98 Å². The van der Waals surface area contributed by atoms with Crippen LogP contribution in [0.5, 0.6) is 0 Å². The monoisotopic (exact) mass is 398 g/mol. The number of nitrogens with zero attached hydrogens (tertiary/aromatic N) is 2. The molecule has 0 heterocycles. The normalized spacial score (nSPS) is 11.8. The predicted octanol–water partition coefficient (Wildman–Crippen LogP) is 7.80. The lowest BCUT2D eigenvalue weighted by atomic mass is 10.1. The molecule has 0 spiro atoms. The average molecular weight is 399 g/mol. The number of hydrogen-bond acceptors (Lipinski definition) is 2. The Balaban J connectivity index is 1.34. The van der Waals surface area contributed by atoms with Crippen LogP contribution in [0.25, 0.3) is 21.5 Å². The van der Waals surface area contributed by atoms with Gasteiger partial charge in [0.15, 0.2) is 0 Å². The van der Waals surface area contributed by atoms with Crippen molar-refractivity contribution in [2.75, 3.05) is 0 Å². The lowest BCUT2D eigenvalue weighted by Crippen LogP contribution is -1.83. The van der Waals surface area contributed by atoms with E-state index in [1.165, 1.54) is 21.5 Å². The molecule has 0 atom stereocenters. The largest absolute Gasteiger partial charge is 0.256 e. The van der Waals surface area contributed by atoms with Crippen LogP contribution in [-0.2, 0) is 0 Å². The van der Waals surface area contributed by atoms with Gasteiger partial charge in [-0.2, -0.15) is 0 Å². The fourth-order valence-corrected chi connectivity index (χ4v) is 3.73. The van der Waals surface area contributed by atoms with Crippen molar-refractivity contribution in [2.45, 2.75) is 6.92 Å². The smallest absolute Gasteiger partial charge is 0.0660 e. The van der Waals surface area contributed by atoms with Crippen LogP contribution in [0.1, 0.15) is 16.7 Å². The number of aryl methyl sites for hydroxylation is 1. The minimum atomic E-state index is 0.926. The molecule has 5 aromatic carbocycles. The van der Waals surface area contributed by atoms with Crippen molar-refractivity contribution in [1.82, 2.24) is 0 Å². The molecule has 148 valence electrons. The molecule has 31 heavy (non-hydrogen) atoms. The maximum atomic E-state index is 4.70. The van der Waals surface area contributed by atoms with E-state index in [4.69, 9.17) is 4.99 Å². The molecule has 0 bridgehead atoms.